The molecule has 1 fully saturated rings. The molecule has 3 heteroatoms. The second-order valence-electron chi connectivity index (χ2n) is 9.03. The number of benzene rings is 3. The van der Waals surface area contributed by atoms with E-state index >= 15 is 0 Å². The second kappa shape index (κ2) is 10.3. The van der Waals surface area contributed by atoms with Gasteiger partial charge in [0.1, 0.15) is 17.4 Å². The van der Waals surface area contributed by atoms with Crippen LogP contribution in [-0.2, 0) is 6.42 Å². The fourth-order valence-electron chi connectivity index (χ4n) is 5.02. The number of hydrogen-bond acceptors (Lipinski definition) is 1. The minimum atomic E-state index is -0.406. The van der Waals surface area contributed by atoms with E-state index in [0.29, 0.717) is 18.9 Å². The molecule has 0 amide bonds. The van der Waals surface area contributed by atoms with Gasteiger partial charge in [-0.25, -0.2) is 8.78 Å². The highest BCUT2D eigenvalue weighted by molar-refractivity contribution is 5.33. The summed E-state index contributed by atoms with van der Waals surface area (Å²) in [6.07, 6.45) is 4.35. The zero-order chi connectivity index (χ0) is 22.5. The Kier molecular flexibility index (Phi) is 7.24. The van der Waals surface area contributed by atoms with Gasteiger partial charge in [-0.1, -0.05) is 49.4 Å². The lowest BCUT2D eigenvalue weighted by Gasteiger charge is -2.29. The van der Waals surface area contributed by atoms with Crippen LogP contribution >= 0.6 is 0 Å². The molecular weight excluding hydrogens is 402 g/mol. The predicted octanol–water partition coefficient (Wildman–Crippen LogP) is 8.15. The third-order valence-electron chi connectivity index (χ3n) is 6.90. The third kappa shape index (κ3) is 5.20. The predicted molar refractivity (Wildman–Crippen MR) is 126 cm³/mol. The smallest absolute Gasteiger partial charge is 0.129 e. The quantitative estimate of drug-likeness (QED) is 0.364. The Morgan fingerprint density at radius 3 is 1.94 bits per heavy atom. The first kappa shape index (κ1) is 22.5. The van der Waals surface area contributed by atoms with Crippen molar-refractivity contribution in [3.63, 3.8) is 0 Å². The number of hydrogen-bond donors (Lipinski definition) is 0. The highest BCUT2D eigenvalue weighted by Gasteiger charge is 2.25. The highest BCUT2D eigenvalue weighted by atomic mass is 19.1. The molecule has 0 bridgehead atoms. The van der Waals surface area contributed by atoms with Gasteiger partial charge >= 0.3 is 0 Å². The fraction of sp³-hybridized carbons (Fsp3) is 0.379. The molecule has 1 nitrogen and oxygen atoms in total. The number of ether oxygens (including phenoxy) is 1. The van der Waals surface area contributed by atoms with Gasteiger partial charge in [-0.2, -0.15) is 0 Å². The first-order valence-electron chi connectivity index (χ1n) is 11.8. The summed E-state index contributed by atoms with van der Waals surface area (Å²) in [6.45, 7) is 4.67. The van der Waals surface area contributed by atoms with Crippen molar-refractivity contribution >= 4 is 0 Å². The van der Waals surface area contributed by atoms with E-state index in [2.05, 4.69) is 12.1 Å². The van der Waals surface area contributed by atoms with Crippen LogP contribution in [0, 0.1) is 11.6 Å². The van der Waals surface area contributed by atoms with Gasteiger partial charge in [-0.15, -0.1) is 0 Å². The Morgan fingerprint density at radius 2 is 1.38 bits per heavy atom. The molecule has 1 saturated carbocycles. The van der Waals surface area contributed by atoms with E-state index in [-0.39, 0.29) is 17.4 Å². The molecule has 3 aromatic rings. The standard InChI is InChI=1S/C29H32F2O/c1-3-32-26-15-13-23(14-16-26)22-9-11-24(12-10-22)25-18-28(30)27(29(31)19-25)17-20(2)21-7-5-4-6-8-21/h4-8,13-16,18-20,22,24H,3,9-12,17H2,1-2H3/t20-,22?,24?/m1/s1. The van der Waals surface area contributed by atoms with Crippen molar-refractivity contribution in [1.29, 1.82) is 0 Å². The van der Waals surface area contributed by atoms with Crippen LogP contribution in [-0.4, -0.2) is 6.61 Å². The highest BCUT2D eigenvalue weighted by Crippen LogP contribution is 2.41. The molecule has 0 aliphatic heterocycles. The van der Waals surface area contributed by atoms with Gasteiger partial charge in [0.25, 0.3) is 0 Å². The van der Waals surface area contributed by atoms with Gasteiger partial charge < -0.3 is 4.74 Å². The van der Waals surface area contributed by atoms with Crippen molar-refractivity contribution in [2.24, 2.45) is 0 Å². The minimum Gasteiger partial charge on any atom is -0.494 e. The van der Waals surface area contributed by atoms with Crippen LogP contribution in [0.1, 0.15) is 79.5 Å². The summed E-state index contributed by atoms with van der Waals surface area (Å²) >= 11 is 0. The SMILES string of the molecule is CCOc1ccc(C2CCC(c3cc(F)c(C[C@@H](C)c4ccccc4)c(F)c3)CC2)cc1. The van der Waals surface area contributed by atoms with Crippen LogP contribution in [0.15, 0.2) is 66.7 Å². The molecule has 32 heavy (non-hydrogen) atoms. The van der Waals surface area contributed by atoms with E-state index in [1.54, 1.807) is 12.1 Å². The molecule has 3 aromatic carbocycles. The Labute approximate surface area is 190 Å². The van der Waals surface area contributed by atoms with Crippen LogP contribution < -0.4 is 4.74 Å². The van der Waals surface area contributed by atoms with Crippen molar-refractivity contribution < 1.29 is 13.5 Å². The third-order valence-corrected chi connectivity index (χ3v) is 6.90. The molecule has 1 aliphatic carbocycles. The summed E-state index contributed by atoms with van der Waals surface area (Å²) in [4.78, 5) is 0. The zero-order valence-corrected chi connectivity index (χ0v) is 19.0. The van der Waals surface area contributed by atoms with Gasteiger partial charge in [0.05, 0.1) is 6.61 Å². The van der Waals surface area contributed by atoms with Crippen molar-refractivity contribution in [2.75, 3.05) is 6.61 Å². The zero-order valence-electron chi connectivity index (χ0n) is 19.0. The molecule has 1 aliphatic rings. The maximum absolute atomic E-state index is 14.9. The molecule has 168 valence electrons. The Bertz CT molecular complexity index is 982. The summed E-state index contributed by atoms with van der Waals surface area (Å²) in [5, 5.41) is 0. The Hall–Kier alpha value is -2.68. The number of rotatable bonds is 7. The second-order valence-corrected chi connectivity index (χ2v) is 9.03. The molecule has 1 atom stereocenters. The summed E-state index contributed by atoms with van der Waals surface area (Å²) < 4.78 is 35.4. The van der Waals surface area contributed by atoms with E-state index < -0.39 is 11.6 Å². The molecule has 4 rings (SSSR count). The Balaban J connectivity index is 1.40. The van der Waals surface area contributed by atoms with Gasteiger partial charge in [-0.05, 0) is 97.7 Å². The molecule has 0 radical (unpaired) electrons. The number of halogens is 2. The van der Waals surface area contributed by atoms with Crippen molar-refractivity contribution in [1.82, 2.24) is 0 Å². The average Bonchev–Trinajstić information content (AvgIpc) is 2.82. The van der Waals surface area contributed by atoms with E-state index in [1.807, 2.05) is 56.3 Å². The molecule has 0 unspecified atom stereocenters. The maximum Gasteiger partial charge on any atom is 0.129 e. The maximum atomic E-state index is 14.9. The lowest BCUT2D eigenvalue weighted by Crippen LogP contribution is -2.13. The van der Waals surface area contributed by atoms with E-state index in [0.717, 1.165) is 42.6 Å². The summed E-state index contributed by atoms with van der Waals surface area (Å²) in [5.74, 6) is 0.877. The van der Waals surface area contributed by atoms with Gasteiger partial charge in [0, 0.05) is 5.56 Å². The molecule has 0 N–H and O–H groups in total. The lowest BCUT2D eigenvalue weighted by atomic mass is 9.76. The Morgan fingerprint density at radius 1 is 0.812 bits per heavy atom. The van der Waals surface area contributed by atoms with Gasteiger partial charge in [0.15, 0.2) is 0 Å². The first-order valence-corrected chi connectivity index (χ1v) is 11.8. The molecule has 0 spiro atoms. The van der Waals surface area contributed by atoms with Crippen LogP contribution in [0.5, 0.6) is 5.75 Å². The molecular formula is C29H32F2O. The van der Waals surface area contributed by atoms with E-state index in [4.69, 9.17) is 4.74 Å². The average molecular weight is 435 g/mol. The van der Waals surface area contributed by atoms with Crippen molar-refractivity contribution in [3.05, 3.63) is 101 Å². The topological polar surface area (TPSA) is 9.23 Å². The normalized spacial score (nSPS) is 19.5. The summed E-state index contributed by atoms with van der Waals surface area (Å²) in [6, 6.07) is 21.4. The fourth-order valence-corrected chi connectivity index (χ4v) is 5.02. The van der Waals surface area contributed by atoms with Crippen LogP contribution in [0.2, 0.25) is 0 Å². The molecule has 0 heterocycles. The van der Waals surface area contributed by atoms with Crippen LogP contribution in [0.3, 0.4) is 0 Å². The van der Waals surface area contributed by atoms with E-state index in [9.17, 15) is 8.78 Å². The largest absolute Gasteiger partial charge is 0.494 e. The summed E-state index contributed by atoms with van der Waals surface area (Å²) in [5.41, 5.74) is 3.44. The molecule has 0 aromatic heterocycles. The van der Waals surface area contributed by atoms with E-state index in [1.165, 1.54) is 5.56 Å². The lowest BCUT2D eigenvalue weighted by molar-refractivity contribution is 0.339. The van der Waals surface area contributed by atoms with Crippen LogP contribution in [0.25, 0.3) is 0 Å². The van der Waals surface area contributed by atoms with Crippen LogP contribution in [0.4, 0.5) is 8.78 Å². The molecule has 0 saturated heterocycles. The van der Waals surface area contributed by atoms with Gasteiger partial charge in [0.2, 0.25) is 0 Å². The summed E-state index contributed by atoms with van der Waals surface area (Å²) in [7, 11) is 0. The minimum absolute atomic E-state index is 0.0654. The first-order chi connectivity index (χ1) is 15.5. The van der Waals surface area contributed by atoms with Crippen molar-refractivity contribution in [3.8, 4) is 5.75 Å². The monoisotopic (exact) mass is 434 g/mol. The van der Waals surface area contributed by atoms with Gasteiger partial charge in [-0.3, -0.25) is 0 Å². The van der Waals surface area contributed by atoms with Crippen molar-refractivity contribution in [2.45, 2.75) is 63.7 Å².